The van der Waals surface area contributed by atoms with Crippen molar-refractivity contribution >= 4 is 29.9 Å². The Kier molecular flexibility index (Phi) is 9.85. The van der Waals surface area contributed by atoms with Gasteiger partial charge in [-0.2, -0.15) is 0 Å². The summed E-state index contributed by atoms with van der Waals surface area (Å²) in [6, 6.07) is 10.7. The molecular weight excluding hydrogens is 463 g/mol. The van der Waals surface area contributed by atoms with Crippen molar-refractivity contribution in [1.29, 1.82) is 0 Å². The molecule has 28 heavy (non-hydrogen) atoms. The number of benzene rings is 1. The number of aliphatic imine (C=N–C) groups is 1. The maximum absolute atomic E-state index is 6.12. The highest BCUT2D eigenvalue weighted by Gasteiger charge is 2.27. The second-order valence-electron chi connectivity index (χ2n) is 8.10. The number of piperidine rings is 1. The predicted octanol–water partition coefficient (Wildman–Crippen LogP) is 3.84. The molecule has 1 atom stereocenters. The van der Waals surface area contributed by atoms with Gasteiger partial charge in [-0.25, -0.2) is 0 Å². The van der Waals surface area contributed by atoms with E-state index >= 15 is 0 Å². The van der Waals surface area contributed by atoms with Gasteiger partial charge in [0.1, 0.15) is 11.9 Å². The molecular formula is C22H37IN4O. The summed E-state index contributed by atoms with van der Waals surface area (Å²) in [7, 11) is 1.90. The lowest BCUT2D eigenvalue weighted by Crippen LogP contribution is -2.52. The molecule has 2 saturated heterocycles. The van der Waals surface area contributed by atoms with E-state index in [1.807, 2.05) is 37.4 Å². The summed E-state index contributed by atoms with van der Waals surface area (Å²) in [5.41, 5.74) is 0. The molecule has 2 fully saturated rings. The average Bonchev–Trinajstić information content (AvgIpc) is 3.21. The Balaban J connectivity index is 0.00000280. The van der Waals surface area contributed by atoms with Crippen LogP contribution in [0.25, 0.3) is 0 Å². The fourth-order valence-corrected chi connectivity index (χ4v) is 4.26. The second kappa shape index (κ2) is 11.9. The third-order valence-corrected chi connectivity index (χ3v) is 5.85. The summed E-state index contributed by atoms with van der Waals surface area (Å²) in [5.74, 6) is 2.67. The van der Waals surface area contributed by atoms with E-state index in [9.17, 15) is 0 Å². The number of para-hydroxylation sites is 1. The largest absolute Gasteiger partial charge is 0.490 e. The highest BCUT2D eigenvalue weighted by atomic mass is 127. The summed E-state index contributed by atoms with van der Waals surface area (Å²) < 4.78 is 6.12. The third kappa shape index (κ3) is 6.51. The minimum atomic E-state index is 0. The lowest BCUT2D eigenvalue weighted by molar-refractivity contribution is 0.128. The van der Waals surface area contributed by atoms with Crippen LogP contribution in [0, 0.1) is 5.92 Å². The topological polar surface area (TPSA) is 40.1 Å². The quantitative estimate of drug-likeness (QED) is 0.366. The van der Waals surface area contributed by atoms with Crippen LogP contribution in [0.3, 0.4) is 0 Å². The molecule has 5 nitrogen and oxygen atoms in total. The number of nitrogens with one attached hydrogen (secondary N) is 1. The van der Waals surface area contributed by atoms with E-state index in [1.165, 1.54) is 25.9 Å². The van der Waals surface area contributed by atoms with Crippen molar-refractivity contribution in [3.8, 4) is 5.75 Å². The average molecular weight is 500 g/mol. The van der Waals surface area contributed by atoms with Crippen LogP contribution in [-0.4, -0.2) is 67.7 Å². The van der Waals surface area contributed by atoms with Gasteiger partial charge in [0.25, 0.3) is 0 Å². The molecule has 0 spiro atoms. The van der Waals surface area contributed by atoms with E-state index in [-0.39, 0.29) is 24.0 Å². The molecule has 3 rings (SSSR count). The lowest BCUT2D eigenvalue weighted by Gasteiger charge is -2.36. The maximum atomic E-state index is 6.12. The van der Waals surface area contributed by atoms with Crippen LogP contribution in [0.5, 0.6) is 5.75 Å². The van der Waals surface area contributed by atoms with E-state index in [2.05, 4.69) is 34.0 Å². The molecule has 0 aliphatic carbocycles. The van der Waals surface area contributed by atoms with E-state index in [0.717, 1.165) is 44.2 Å². The number of nitrogens with zero attached hydrogens (tertiary/aromatic N) is 3. The minimum absolute atomic E-state index is 0. The molecule has 1 aromatic rings. The van der Waals surface area contributed by atoms with Crippen LogP contribution in [0.2, 0.25) is 0 Å². The van der Waals surface area contributed by atoms with Gasteiger partial charge in [-0.05, 0) is 44.0 Å². The summed E-state index contributed by atoms with van der Waals surface area (Å²) >= 11 is 0. The van der Waals surface area contributed by atoms with Crippen LogP contribution in [0.15, 0.2) is 35.3 Å². The molecule has 0 bridgehead atoms. The Morgan fingerprint density at radius 2 is 1.75 bits per heavy atom. The molecule has 2 aliphatic rings. The van der Waals surface area contributed by atoms with Crippen molar-refractivity contribution in [3.63, 3.8) is 0 Å². The molecule has 1 N–H and O–H groups in total. The van der Waals surface area contributed by atoms with Gasteiger partial charge < -0.3 is 15.0 Å². The normalized spacial score (nSPS) is 20.1. The fraction of sp³-hybridized carbons (Fsp3) is 0.682. The molecule has 0 aromatic heterocycles. The molecule has 2 aliphatic heterocycles. The van der Waals surface area contributed by atoms with Crippen LogP contribution in [0.4, 0.5) is 0 Å². The number of hydrogen-bond donors (Lipinski definition) is 1. The first-order valence-corrected chi connectivity index (χ1v) is 10.6. The van der Waals surface area contributed by atoms with Crippen molar-refractivity contribution in [2.24, 2.45) is 10.9 Å². The molecule has 6 heteroatoms. The standard InChI is InChI=1S/C22H36N4O.HI/c1-18(2)21(25-13-7-8-14-25)17-24-22(23-3)26-15-11-20(12-16-26)27-19-9-5-4-6-10-19;/h4-6,9-10,18,20-21H,7-8,11-17H2,1-3H3,(H,23,24);1H. The molecule has 0 saturated carbocycles. The van der Waals surface area contributed by atoms with Crippen LogP contribution in [-0.2, 0) is 0 Å². The van der Waals surface area contributed by atoms with Crippen molar-refractivity contribution < 1.29 is 4.74 Å². The third-order valence-electron chi connectivity index (χ3n) is 5.85. The number of guanidine groups is 1. The summed E-state index contributed by atoms with van der Waals surface area (Å²) in [4.78, 5) is 9.58. The van der Waals surface area contributed by atoms with Gasteiger partial charge in [0.05, 0.1) is 0 Å². The summed E-state index contributed by atoms with van der Waals surface area (Å²) in [6.07, 6.45) is 5.06. The molecule has 0 amide bonds. The predicted molar refractivity (Wildman–Crippen MR) is 128 cm³/mol. The maximum Gasteiger partial charge on any atom is 0.193 e. The van der Waals surface area contributed by atoms with Crippen molar-refractivity contribution in [2.75, 3.05) is 39.8 Å². The van der Waals surface area contributed by atoms with Crippen LogP contribution in [0.1, 0.15) is 39.5 Å². The second-order valence-corrected chi connectivity index (χ2v) is 8.10. The van der Waals surface area contributed by atoms with Crippen LogP contribution < -0.4 is 10.1 Å². The van der Waals surface area contributed by atoms with E-state index in [1.54, 1.807) is 0 Å². The van der Waals surface area contributed by atoms with Crippen molar-refractivity contribution in [1.82, 2.24) is 15.1 Å². The van der Waals surface area contributed by atoms with Crippen LogP contribution >= 0.6 is 24.0 Å². The summed E-state index contributed by atoms with van der Waals surface area (Å²) in [6.45, 7) is 10.1. The van der Waals surface area contributed by atoms with Gasteiger partial charge in [0.15, 0.2) is 5.96 Å². The van der Waals surface area contributed by atoms with E-state index in [0.29, 0.717) is 18.1 Å². The number of hydrogen-bond acceptors (Lipinski definition) is 3. The Labute approximate surface area is 187 Å². The zero-order valence-electron chi connectivity index (χ0n) is 17.6. The number of halogens is 1. The molecule has 1 unspecified atom stereocenters. The number of ether oxygens (including phenoxy) is 1. The zero-order valence-corrected chi connectivity index (χ0v) is 20.0. The smallest absolute Gasteiger partial charge is 0.193 e. The highest BCUT2D eigenvalue weighted by Crippen LogP contribution is 2.20. The van der Waals surface area contributed by atoms with Gasteiger partial charge >= 0.3 is 0 Å². The molecule has 1 aromatic carbocycles. The Morgan fingerprint density at radius 3 is 2.32 bits per heavy atom. The minimum Gasteiger partial charge on any atom is -0.490 e. The zero-order chi connectivity index (χ0) is 19.1. The van der Waals surface area contributed by atoms with Gasteiger partial charge in [0, 0.05) is 45.6 Å². The number of rotatable bonds is 6. The van der Waals surface area contributed by atoms with Crippen molar-refractivity contribution in [3.05, 3.63) is 30.3 Å². The Hall–Kier alpha value is -1.02. The Morgan fingerprint density at radius 1 is 1.11 bits per heavy atom. The molecule has 0 radical (unpaired) electrons. The lowest BCUT2D eigenvalue weighted by atomic mass is 10.0. The molecule has 158 valence electrons. The number of likely N-dealkylation sites (tertiary alicyclic amines) is 2. The van der Waals surface area contributed by atoms with Gasteiger partial charge in [-0.3, -0.25) is 9.89 Å². The first-order valence-electron chi connectivity index (χ1n) is 10.6. The van der Waals surface area contributed by atoms with E-state index < -0.39 is 0 Å². The first kappa shape index (κ1) is 23.3. The van der Waals surface area contributed by atoms with Gasteiger partial charge in [-0.1, -0.05) is 32.0 Å². The van der Waals surface area contributed by atoms with Gasteiger partial charge in [-0.15, -0.1) is 24.0 Å². The van der Waals surface area contributed by atoms with E-state index in [4.69, 9.17) is 4.74 Å². The van der Waals surface area contributed by atoms with Crippen molar-refractivity contribution in [2.45, 2.75) is 51.7 Å². The first-order chi connectivity index (χ1) is 13.2. The SMILES string of the molecule is CN=C(NCC(C(C)C)N1CCCC1)N1CCC(Oc2ccccc2)CC1.I. The fourth-order valence-electron chi connectivity index (χ4n) is 4.26. The monoisotopic (exact) mass is 500 g/mol. The summed E-state index contributed by atoms with van der Waals surface area (Å²) in [5, 5.41) is 3.66. The molecule has 2 heterocycles. The highest BCUT2D eigenvalue weighted by molar-refractivity contribution is 14.0. The van der Waals surface area contributed by atoms with Gasteiger partial charge in [0.2, 0.25) is 0 Å². The Bertz CT molecular complexity index is 581.